The number of benzene rings is 1. The molecule has 0 saturated carbocycles. The number of carbonyl (C=O) groups is 2. The molecule has 1 unspecified atom stereocenters. The average Bonchev–Trinajstić information content (AvgIpc) is 2.78. The number of unbranched alkanes of at least 4 members (excludes halogenated alkanes) is 8. The van der Waals surface area contributed by atoms with Crippen LogP contribution in [0.3, 0.4) is 0 Å². The Hall–Kier alpha value is -2.04. The molecule has 1 aromatic carbocycles. The molecule has 1 rings (SSSR count). The second kappa shape index (κ2) is 16.6. The fourth-order valence-corrected chi connectivity index (χ4v) is 3.67. The molecular weight excluding hydrogens is 386 g/mol. The molecule has 0 bridgehead atoms. The molecule has 0 aliphatic heterocycles. The third kappa shape index (κ3) is 11.8. The molecule has 0 aliphatic carbocycles. The quantitative estimate of drug-likeness (QED) is 0.321. The van der Waals surface area contributed by atoms with E-state index in [0.717, 1.165) is 44.5 Å². The topological polar surface area (TPSA) is 52.7 Å². The molecule has 1 N–H and O–H groups in total. The summed E-state index contributed by atoms with van der Waals surface area (Å²) in [4.78, 5) is 29.6. The minimum atomic E-state index is -0.543. The molecule has 0 aromatic heterocycles. The molecule has 0 spiro atoms. The van der Waals surface area contributed by atoms with Crippen molar-refractivity contribution < 1.29 is 9.59 Å². The van der Waals surface area contributed by atoms with E-state index in [9.17, 15) is 9.59 Å². The van der Waals surface area contributed by atoms with Gasteiger partial charge in [0.15, 0.2) is 0 Å². The largest absolute Gasteiger partial charge is 0.373 e. The van der Waals surface area contributed by atoms with Crippen LogP contribution in [0.2, 0.25) is 0 Å². The van der Waals surface area contributed by atoms with E-state index >= 15 is 0 Å². The Balaban J connectivity index is 2.63. The predicted octanol–water partition coefficient (Wildman–Crippen LogP) is 5.71. The molecule has 1 aromatic rings. The van der Waals surface area contributed by atoms with Crippen molar-refractivity contribution in [3.05, 3.63) is 30.3 Å². The number of anilines is 1. The first-order chi connectivity index (χ1) is 15.0. The smallest absolute Gasteiger partial charge is 0.245 e. The Bertz CT molecular complexity index is 606. The van der Waals surface area contributed by atoms with Gasteiger partial charge in [0, 0.05) is 32.9 Å². The van der Waals surface area contributed by atoms with Gasteiger partial charge in [0.25, 0.3) is 0 Å². The number of hydrogen-bond acceptors (Lipinski definition) is 3. The maximum absolute atomic E-state index is 13.2. The lowest BCUT2D eigenvalue weighted by atomic mass is 10.1. The maximum Gasteiger partial charge on any atom is 0.245 e. The Morgan fingerprint density at radius 2 is 1.29 bits per heavy atom. The lowest BCUT2D eigenvalue weighted by molar-refractivity contribution is -0.136. The minimum Gasteiger partial charge on any atom is -0.373 e. The van der Waals surface area contributed by atoms with Crippen LogP contribution in [-0.2, 0) is 9.59 Å². The summed E-state index contributed by atoms with van der Waals surface area (Å²) >= 11 is 0. The van der Waals surface area contributed by atoms with Gasteiger partial charge < -0.3 is 15.1 Å². The Morgan fingerprint density at radius 3 is 1.84 bits per heavy atom. The summed E-state index contributed by atoms with van der Waals surface area (Å²) in [7, 11) is 3.70. The third-order valence-electron chi connectivity index (χ3n) is 5.79. The average molecular weight is 432 g/mol. The molecule has 31 heavy (non-hydrogen) atoms. The van der Waals surface area contributed by atoms with E-state index in [1.807, 2.05) is 44.4 Å². The van der Waals surface area contributed by atoms with Crippen molar-refractivity contribution in [3.63, 3.8) is 0 Å². The minimum absolute atomic E-state index is 0.0101. The van der Waals surface area contributed by atoms with Crippen molar-refractivity contribution in [1.29, 1.82) is 0 Å². The number of likely N-dealkylation sites (N-methyl/N-ethyl adjacent to an activating group) is 1. The van der Waals surface area contributed by atoms with Crippen molar-refractivity contribution in [1.82, 2.24) is 9.80 Å². The molecule has 0 aliphatic rings. The van der Waals surface area contributed by atoms with Gasteiger partial charge in [0.05, 0.1) is 6.42 Å². The van der Waals surface area contributed by atoms with Gasteiger partial charge in [-0.3, -0.25) is 9.59 Å². The van der Waals surface area contributed by atoms with E-state index in [2.05, 4.69) is 19.2 Å². The van der Waals surface area contributed by atoms with Crippen molar-refractivity contribution in [2.45, 2.75) is 90.5 Å². The zero-order valence-corrected chi connectivity index (χ0v) is 20.4. The normalized spacial score (nSPS) is 11.7. The van der Waals surface area contributed by atoms with Crippen LogP contribution in [0.25, 0.3) is 0 Å². The fourth-order valence-electron chi connectivity index (χ4n) is 3.67. The van der Waals surface area contributed by atoms with Gasteiger partial charge in [-0.1, -0.05) is 83.4 Å². The van der Waals surface area contributed by atoms with E-state index in [1.165, 1.54) is 38.5 Å². The molecular formula is C26H45N3O2. The summed E-state index contributed by atoms with van der Waals surface area (Å²) in [5.41, 5.74) is 0.868. The van der Waals surface area contributed by atoms with Crippen molar-refractivity contribution in [2.24, 2.45) is 0 Å². The fraction of sp³-hybridized carbons (Fsp3) is 0.692. The van der Waals surface area contributed by atoms with Crippen molar-refractivity contribution in [2.75, 3.05) is 32.5 Å². The molecule has 0 heterocycles. The van der Waals surface area contributed by atoms with Gasteiger partial charge in [0.1, 0.15) is 6.04 Å². The monoisotopic (exact) mass is 431 g/mol. The van der Waals surface area contributed by atoms with Gasteiger partial charge in [-0.2, -0.15) is 0 Å². The molecule has 1 atom stereocenters. The van der Waals surface area contributed by atoms with Crippen LogP contribution in [0.15, 0.2) is 30.3 Å². The van der Waals surface area contributed by atoms with Gasteiger partial charge >= 0.3 is 0 Å². The predicted molar refractivity (Wildman–Crippen MR) is 131 cm³/mol. The zero-order chi connectivity index (χ0) is 22.9. The van der Waals surface area contributed by atoms with Crippen molar-refractivity contribution >= 4 is 17.5 Å². The number of amides is 2. The summed E-state index contributed by atoms with van der Waals surface area (Å²) < 4.78 is 0. The highest BCUT2D eigenvalue weighted by atomic mass is 16.2. The highest BCUT2D eigenvalue weighted by molar-refractivity contribution is 5.90. The number of carbonyl (C=O) groups excluding carboxylic acids is 2. The Labute approximate surface area is 190 Å². The van der Waals surface area contributed by atoms with Crippen LogP contribution in [0, 0.1) is 0 Å². The Kier molecular flexibility index (Phi) is 14.5. The summed E-state index contributed by atoms with van der Waals surface area (Å²) in [5, 5.41) is 3.30. The summed E-state index contributed by atoms with van der Waals surface area (Å²) in [5.74, 6) is 0.0117. The molecule has 0 radical (unpaired) electrons. The van der Waals surface area contributed by atoms with Crippen molar-refractivity contribution in [3.8, 4) is 0 Å². The summed E-state index contributed by atoms with van der Waals surface area (Å²) in [6, 6.07) is 9.15. The second-order valence-electron chi connectivity index (χ2n) is 8.67. The van der Waals surface area contributed by atoms with E-state index < -0.39 is 6.04 Å². The van der Waals surface area contributed by atoms with Gasteiger partial charge in [-0.25, -0.2) is 0 Å². The number of nitrogens with one attached hydrogen (secondary N) is 1. The van der Waals surface area contributed by atoms with Gasteiger partial charge in [-0.15, -0.1) is 0 Å². The molecule has 5 heteroatoms. The molecule has 176 valence electrons. The first-order valence-electron chi connectivity index (χ1n) is 12.3. The highest BCUT2D eigenvalue weighted by Gasteiger charge is 2.26. The van der Waals surface area contributed by atoms with Crippen LogP contribution in [0.1, 0.15) is 84.5 Å². The molecule has 0 saturated heterocycles. The first-order valence-corrected chi connectivity index (χ1v) is 12.3. The standard InChI is InChI=1S/C26H45N3O2/c1-5-7-9-11-16-20-28(3)25(30)22-24(27-23-18-14-13-15-19-23)26(31)29(4)21-17-12-10-8-6-2/h13-15,18-19,24,27H,5-12,16-17,20-22H2,1-4H3. The van der Waals surface area contributed by atoms with Crippen LogP contribution >= 0.6 is 0 Å². The molecule has 2 amide bonds. The lowest BCUT2D eigenvalue weighted by Crippen LogP contribution is -2.44. The van der Waals surface area contributed by atoms with E-state index in [1.54, 1.807) is 9.80 Å². The van der Waals surface area contributed by atoms with Crippen LogP contribution in [0.5, 0.6) is 0 Å². The number of rotatable bonds is 17. The van der Waals surface area contributed by atoms with E-state index in [-0.39, 0.29) is 18.2 Å². The maximum atomic E-state index is 13.2. The summed E-state index contributed by atoms with van der Waals surface area (Å²) in [6.07, 6.45) is 11.9. The third-order valence-corrected chi connectivity index (χ3v) is 5.79. The van der Waals surface area contributed by atoms with Crippen LogP contribution < -0.4 is 5.32 Å². The first kappa shape index (κ1) is 27.0. The van der Waals surface area contributed by atoms with Gasteiger partial charge in [-0.05, 0) is 25.0 Å². The number of hydrogen-bond donors (Lipinski definition) is 1. The Morgan fingerprint density at radius 1 is 0.774 bits per heavy atom. The van der Waals surface area contributed by atoms with E-state index in [4.69, 9.17) is 0 Å². The SMILES string of the molecule is CCCCCCCN(C)C(=O)CC(Nc1ccccc1)C(=O)N(C)CCCCCCC. The molecule has 5 nitrogen and oxygen atoms in total. The molecule has 0 fully saturated rings. The van der Waals surface area contributed by atoms with Crippen LogP contribution in [-0.4, -0.2) is 54.8 Å². The van der Waals surface area contributed by atoms with E-state index in [0.29, 0.717) is 0 Å². The zero-order valence-electron chi connectivity index (χ0n) is 20.4. The number of nitrogens with zero attached hydrogens (tertiary/aromatic N) is 2. The summed E-state index contributed by atoms with van der Waals surface area (Å²) in [6.45, 7) is 5.89. The van der Waals surface area contributed by atoms with Crippen LogP contribution in [0.4, 0.5) is 5.69 Å². The second-order valence-corrected chi connectivity index (χ2v) is 8.67. The lowest BCUT2D eigenvalue weighted by Gasteiger charge is -2.27. The number of para-hydroxylation sites is 1. The van der Waals surface area contributed by atoms with Gasteiger partial charge in [0.2, 0.25) is 11.8 Å². The highest BCUT2D eigenvalue weighted by Crippen LogP contribution is 2.13.